The Morgan fingerprint density at radius 1 is 1.06 bits per heavy atom. The zero-order valence-electron chi connectivity index (χ0n) is 18.3. The Balaban J connectivity index is 1.56. The Labute approximate surface area is 189 Å². The van der Waals surface area contributed by atoms with Crippen LogP contribution >= 0.6 is 11.3 Å². The highest BCUT2D eigenvalue weighted by Gasteiger charge is 2.19. The van der Waals surface area contributed by atoms with Crippen LogP contribution in [0.5, 0.6) is 0 Å². The maximum absolute atomic E-state index is 12.7. The predicted molar refractivity (Wildman–Crippen MR) is 123 cm³/mol. The Kier molecular flexibility index (Phi) is 5.55. The topological polar surface area (TPSA) is 120 Å². The van der Waals surface area contributed by atoms with Gasteiger partial charge in [0.05, 0.1) is 27.2 Å². The first-order valence-corrected chi connectivity index (χ1v) is 12.5. The number of hydrogen-bond acceptors (Lipinski definition) is 8. The first-order chi connectivity index (χ1) is 15.0. The molecule has 0 spiro atoms. The number of aryl methyl sites for hydroxylation is 3. The van der Waals surface area contributed by atoms with Gasteiger partial charge in [0.1, 0.15) is 0 Å². The van der Waals surface area contributed by atoms with Crippen LogP contribution in [0.1, 0.15) is 28.3 Å². The summed E-state index contributed by atoms with van der Waals surface area (Å²) in [6.45, 7) is 7.53. The third-order valence-corrected chi connectivity index (χ3v) is 7.02. The van der Waals surface area contributed by atoms with Gasteiger partial charge in [0.15, 0.2) is 15.0 Å². The summed E-state index contributed by atoms with van der Waals surface area (Å²) in [6.07, 6.45) is 1.28. The zero-order valence-corrected chi connectivity index (χ0v) is 19.9. The van der Waals surface area contributed by atoms with E-state index in [1.54, 1.807) is 16.8 Å². The molecule has 11 heteroatoms. The molecule has 4 aromatic rings. The molecule has 1 aromatic carbocycles. The molecule has 4 rings (SSSR count). The fourth-order valence-electron chi connectivity index (χ4n) is 3.44. The summed E-state index contributed by atoms with van der Waals surface area (Å²) >= 11 is 1.23. The maximum atomic E-state index is 12.7. The Morgan fingerprint density at radius 2 is 1.75 bits per heavy atom. The van der Waals surface area contributed by atoms with E-state index in [1.807, 2.05) is 33.8 Å². The Morgan fingerprint density at radius 3 is 2.41 bits per heavy atom. The number of nitrogens with zero attached hydrogens (tertiary/aromatic N) is 5. The fourth-order valence-corrected chi connectivity index (χ4v) is 5.08. The second-order valence-electron chi connectivity index (χ2n) is 7.66. The molecule has 0 radical (unpaired) electrons. The quantitative estimate of drug-likeness (QED) is 0.476. The molecule has 1 amide bonds. The lowest BCUT2D eigenvalue weighted by Gasteiger charge is -2.06. The molecule has 32 heavy (non-hydrogen) atoms. The van der Waals surface area contributed by atoms with Gasteiger partial charge in [0.2, 0.25) is 5.91 Å². The van der Waals surface area contributed by atoms with Gasteiger partial charge < -0.3 is 5.32 Å². The summed E-state index contributed by atoms with van der Waals surface area (Å²) < 4.78 is 25.9. The van der Waals surface area contributed by atoms with Crippen molar-refractivity contribution in [2.24, 2.45) is 0 Å². The number of aromatic nitrogens is 5. The number of thiazole rings is 1. The Bertz CT molecular complexity index is 1450. The Hall–Kier alpha value is -3.18. The minimum absolute atomic E-state index is 0.118. The molecule has 0 unspecified atom stereocenters. The van der Waals surface area contributed by atoms with Gasteiger partial charge in [-0.1, -0.05) is 11.3 Å². The molecule has 0 aliphatic rings. The minimum Gasteiger partial charge on any atom is -0.302 e. The molecule has 0 atom stereocenters. The van der Waals surface area contributed by atoms with Crippen molar-refractivity contribution in [2.45, 2.75) is 39.0 Å². The van der Waals surface area contributed by atoms with Crippen LogP contribution in [0, 0.1) is 27.7 Å². The normalized spacial score (nSPS) is 11.8. The van der Waals surface area contributed by atoms with E-state index in [9.17, 15) is 13.2 Å². The number of benzene rings is 1. The first kappa shape index (κ1) is 22.0. The summed E-state index contributed by atoms with van der Waals surface area (Å²) in [4.78, 5) is 26.2. The number of nitrogens with one attached hydrogen (secondary N) is 1. The van der Waals surface area contributed by atoms with Crippen LogP contribution in [0.4, 0.5) is 5.13 Å². The van der Waals surface area contributed by atoms with E-state index in [0.29, 0.717) is 21.3 Å². The van der Waals surface area contributed by atoms with Crippen LogP contribution < -0.4 is 5.32 Å². The van der Waals surface area contributed by atoms with Gasteiger partial charge in [-0.3, -0.25) is 4.79 Å². The van der Waals surface area contributed by atoms with Crippen LogP contribution in [0.15, 0.2) is 29.2 Å². The number of sulfone groups is 1. The van der Waals surface area contributed by atoms with Crippen LogP contribution in [0.3, 0.4) is 0 Å². The third-order valence-electron chi connectivity index (χ3n) is 4.97. The van der Waals surface area contributed by atoms with Crippen LogP contribution in [-0.2, 0) is 21.1 Å². The van der Waals surface area contributed by atoms with E-state index in [0.717, 1.165) is 34.6 Å². The lowest BCUT2D eigenvalue weighted by molar-refractivity contribution is -0.115. The van der Waals surface area contributed by atoms with Gasteiger partial charge in [-0.25, -0.2) is 28.1 Å². The smallest absolute Gasteiger partial charge is 0.251 e. The standard InChI is InChI=1S/C21H22N6O3S2/c1-11-8-12(2)23-20(22-11)27-14(4)16(13(3)26-27)10-19(28)25-21-24-17-7-6-15(32(5,29)30)9-18(17)31-21/h6-9H,10H2,1-5H3,(H,24,25,28). The van der Waals surface area contributed by atoms with Crippen molar-refractivity contribution in [2.75, 3.05) is 11.6 Å². The minimum atomic E-state index is -3.31. The second-order valence-corrected chi connectivity index (χ2v) is 10.7. The highest BCUT2D eigenvalue weighted by Crippen LogP contribution is 2.28. The van der Waals surface area contributed by atoms with Crippen molar-refractivity contribution in [1.82, 2.24) is 24.7 Å². The van der Waals surface area contributed by atoms with E-state index < -0.39 is 9.84 Å². The highest BCUT2D eigenvalue weighted by molar-refractivity contribution is 7.90. The largest absolute Gasteiger partial charge is 0.302 e. The molecule has 0 aliphatic carbocycles. The SMILES string of the molecule is Cc1cc(C)nc(-n2nc(C)c(CC(=O)Nc3nc4ccc(S(C)(=O)=O)cc4s3)c2C)n1. The van der Waals surface area contributed by atoms with Crippen LogP contribution in [0.2, 0.25) is 0 Å². The zero-order chi connectivity index (χ0) is 23.2. The highest BCUT2D eigenvalue weighted by atomic mass is 32.2. The molecular weight excluding hydrogens is 448 g/mol. The lowest BCUT2D eigenvalue weighted by atomic mass is 10.1. The second kappa shape index (κ2) is 8.06. The number of carbonyl (C=O) groups is 1. The average molecular weight is 471 g/mol. The number of anilines is 1. The van der Waals surface area contributed by atoms with E-state index in [2.05, 4.69) is 25.4 Å². The first-order valence-electron chi connectivity index (χ1n) is 9.79. The van der Waals surface area contributed by atoms with Crippen molar-refractivity contribution >= 4 is 42.4 Å². The summed E-state index contributed by atoms with van der Waals surface area (Å²) in [5, 5.41) is 7.76. The predicted octanol–water partition coefficient (Wildman–Crippen LogP) is 3.09. The lowest BCUT2D eigenvalue weighted by Crippen LogP contribution is -2.15. The number of amides is 1. The van der Waals surface area contributed by atoms with Crippen molar-refractivity contribution in [1.29, 1.82) is 0 Å². The van der Waals surface area contributed by atoms with Crippen LogP contribution in [-0.4, -0.2) is 45.3 Å². The van der Waals surface area contributed by atoms with Crippen molar-refractivity contribution < 1.29 is 13.2 Å². The molecule has 0 fully saturated rings. The van der Waals surface area contributed by atoms with E-state index >= 15 is 0 Å². The molecule has 0 bridgehead atoms. The van der Waals surface area contributed by atoms with Gasteiger partial charge in [0, 0.05) is 28.9 Å². The van der Waals surface area contributed by atoms with Gasteiger partial charge in [-0.05, 0) is 52.0 Å². The number of hydrogen-bond donors (Lipinski definition) is 1. The van der Waals surface area contributed by atoms with Crippen molar-refractivity contribution in [3.63, 3.8) is 0 Å². The molecule has 1 N–H and O–H groups in total. The van der Waals surface area contributed by atoms with Crippen molar-refractivity contribution in [3.8, 4) is 5.95 Å². The molecule has 9 nitrogen and oxygen atoms in total. The molecule has 0 saturated carbocycles. The van der Waals surface area contributed by atoms with Gasteiger partial charge in [0.25, 0.3) is 5.95 Å². The molecule has 0 saturated heterocycles. The molecule has 3 heterocycles. The average Bonchev–Trinajstić information content (AvgIpc) is 3.21. The summed E-state index contributed by atoms with van der Waals surface area (Å²) in [5.74, 6) is 0.238. The van der Waals surface area contributed by atoms with E-state index in [-0.39, 0.29) is 17.2 Å². The molecule has 166 valence electrons. The third kappa shape index (κ3) is 4.39. The summed E-state index contributed by atoms with van der Waals surface area (Å²) in [7, 11) is -3.31. The van der Waals surface area contributed by atoms with Gasteiger partial charge in [-0.15, -0.1) is 0 Å². The van der Waals surface area contributed by atoms with E-state index in [1.165, 1.54) is 17.4 Å². The fraction of sp³-hybridized carbons (Fsp3) is 0.286. The van der Waals surface area contributed by atoms with Gasteiger partial charge >= 0.3 is 0 Å². The number of rotatable bonds is 5. The monoisotopic (exact) mass is 470 g/mol. The van der Waals surface area contributed by atoms with Crippen molar-refractivity contribution in [3.05, 3.63) is 52.6 Å². The molecular formula is C21H22N6O3S2. The summed E-state index contributed by atoms with van der Waals surface area (Å²) in [6, 6.07) is 6.61. The van der Waals surface area contributed by atoms with Crippen LogP contribution in [0.25, 0.3) is 16.2 Å². The summed E-state index contributed by atoms with van der Waals surface area (Å²) in [5.41, 5.74) is 4.63. The number of fused-ring (bicyclic) bond motifs is 1. The maximum Gasteiger partial charge on any atom is 0.251 e. The van der Waals surface area contributed by atoms with E-state index in [4.69, 9.17) is 0 Å². The molecule has 0 aliphatic heterocycles. The number of carbonyl (C=O) groups excluding carboxylic acids is 1. The van der Waals surface area contributed by atoms with Gasteiger partial charge in [-0.2, -0.15) is 5.10 Å². The molecule has 3 aromatic heterocycles.